The van der Waals surface area contributed by atoms with E-state index >= 15 is 0 Å². The highest BCUT2D eigenvalue weighted by Crippen LogP contribution is 2.25. The Kier molecular flexibility index (Phi) is 4.87. The number of carbonyl (C=O) groups excluding carboxylic acids is 2. The highest BCUT2D eigenvalue weighted by atomic mass is 16.5. The minimum atomic E-state index is -0.356. The number of methoxy groups -OCH3 is 1. The molecule has 3 heteroatoms. The summed E-state index contributed by atoms with van der Waals surface area (Å²) >= 11 is 0. The van der Waals surface area contributed by atoms with E-state index in [4.69, 9.17) is 0 Å². The molecule has 0 amide bonds. The van der Waals surface area contributed by atoms with Crippen LogP contribution in [0.15, 0.2) is 6.07 Å². The third-order valence-electron chi connectivity index (χ3n) is 3.76. The molecule has 0 aliphatic heterocycles. The summed E-state index contributed by atoms with van der Waals surface area (Å²) in [4.78, 5) is 23.8. The quantitative estimate of drug-likeness (QED) is 0.617. The molecule has 0 aromatic heterocycles. The van der Waals surface area contributed by atoms with Crippen molar-refractivity contribution >= 4 is 11.8 Å². The maximum absolute atomic E-state index is 12.5. The van der Waals surface area contributed by atoms with Gasteiger partial charge in [-0.2, -0.15) is 0 Å². The molecule has 104 valence electrons. The van der Waals surface area contributed by atoms with E-state index in [0.29, 0.717) is 0 Å². The lowest BCUT2D eigenvalue weighted by Crippen LogP contribution is -2.19. The zero-order valence-corrected chi connectivity index (χ0v) is 12.6. The molecule has 0 fully saturated rings. The first kappa shape index (κ1) is 15.4. The van der Waals surface area contributed by atoms with Gasteiger partial charge in [0, 0.05) is 11.5 Å². The van der Waals surface area contributed by atoms with Crippen molar-refractivity contribution < 1.29 is 14.3 Å². The lowest BCUT2D eigenvalue weighted by molar-refractivity contribution is -0.141. The second-order valence-electron chi connectivity index (χ2n) is 5.18. The number of ether oxygens (including phenoxy) is 1. The first-order valence-electron chi connectivity index (χ1n) is 6.48. The van der Waals surface area contributed by atoms with Crippen LogP contribution in [0.25, 0.3) is 0 Å². The van der Waals surface area contributed by atoms with Crippen LogP contribution in [-0.2, 0) is 9.53 Å². The number of Topliss-reactive ketones (excluding diaryl/α,β-unsaturated/α-hetero) is 1. The van der Waals surface area contributed by atoms with Crippen LogP contribution in [0.4, 0.5) is 0 Å². The Bertz CT molecular complexity index is 489. The number of ketones is 1. The molecule has 3 nitrogen and oxygen atoms in total. The molecule has 0 N–H and O–H groups in total. The number of benzene rings is 1. The zero-order valence-electron chi connectivity index (χ0n) is 12.6. The molecule has 0 aliphatic rings. The fourth-order valence-corrected chi connectivity index (χ4v) is 2.26. The maximum atomic E-state index is 12.5. The molecule has 1 aromatic carbocycles. The number of hydrogen-bond donors (Lipinski definition) is 0. The SMILES string of the molecule is COC(=O)CC(C)C(=O)c1c(C)c(C)cc(C)c1C. The molecule has 1 atom stereocenters. The average Bonchev–Trinajstić information content (AvgIpc) is 2.36. The van der Waals surface area contributed by atoms with Gasteiger partial charge >= 0.3 is 5.97 Å². The molecule has 0 saturated carbocycles. The lowest BCUT2D eigenvalue weighted by Gasteiger charge is -2.17. The topological polar surface area (TPSA) is 43.4 Å². The summed E-state index contributed by atoms with van der Waals surface area (Å²) in [6.07, 6.45) is 0.126. The van der Waals surface area contributed by atoms with E-state index in [9.17, 15) is 9.59 Å². The second kappa shape index (κ2) is 6.00. The molecule has 0 spiro atoms. The van der Waals surface area contributed by atoms with Crippen molar-refractivity contribution in [2.24, 2.45) is 5.92 Å². The third-order valence-corrected chi connectivity index (χ3v) is 3.76. The van der Waals surface area contributed by atoms with Gasteiger partial charge in [-0.15, -0.1) is 0 Å². The predicted octanol–water partition coefficient (Wildman–Crippen LogP) is 3.30. The monoisotopic (exact) mass is 262 g/mol. The number of esters is 1. The van der Waals surface area contributed by atoms with E-state index in [1.165, 1.54) is 7.11 Å². The Labute approximate surface area is 115 Å². The van der Waals surface area contributed by atoms with E-state index in [0.717, 1.165) is 27.8 Å². The van der Waals surface area contributed by atoms with Crippen molar-refractivity contribution in [1.82, 2.24) is 0 Å². The van der Waals surface area contributed by atoms with Gasteiger partial charge in [-0.05, 0) is 49.9 Å². The van der Waals surface area contributed by atoms with Crippen LogP contribution in [-0.4, -0.2) is 18.9 Å². The molecule has 0 bridgehead atoms. The molecular weight excluding hydrogens is 240 g/mol. The van der Waals surface area contributed by atoms with E-state index in [2.05, 4.69) is 10.8 Å². The van der Waals surface area contributed by atoms with E-state index in [1.54, 1.807) is 6.92 Å². The summed E-state index contributed by atoms with van der Waals surface area (Å²) in [6, 6.07) is 2.09. The maximum Gasteiger partial charge on any atom is 0.306 e. The number of rotatable bonds is 4. The highest BCUT2D eigenvalue weighted by Gasteiger charge is 2.23. The van der Waals surface area contributed by atoms with E-state index < -0.39 is 0 Å². The zero-order chi connectivity index (χ0) is 14.7. The third kappa shape index (κ3) is 3.22. The van der Waals surface area contributed by atoms with Crippen molar-refractivity contribution in [3.05, 3.63) is 33.9 Å². The Morgan fingerprint density at radius 3 is 2.00 bits per heavy atom. The highest BCUT2D eigenvalue weighted by molar-refractivity contribution is 6.02. The molecule has 0 aliphatic carbocycles. The normalized spacial score (nSPS) is 12.1. The van der Waals surface area contributed by atoms with Gasteiger partial charge in [-0.3, -0.25) is 9.59 Å². The van der Waals surface area contributed by atoms with Crippen LogP contribution < -0.4 is 0 Å². The number of hydrogen-bond acceptors (Lipinski definition) is 3. The first-order valence-corrected chi connectivity index (χ1v) is 6.48. The van der Waals surface area contributed by atoms with Crippen molar-refractivity contribution in [3.8, 4) is 0 Å². The Hall–Kier alpha value is -1.64. The number of aryl methyl sites for hydroxylation is 2. The second-order valence-corrected chi connectivity index (χ2v) is 5.18. The fraction of sp³-hybridized carbons (Fsp3) is 0.500. The van der Waals surface area contributed by atoms with Crippen LogP contribution >= 0.6 is 0 Å². The number of carbonyl (C=O) groups is 2. The molecule has 1 unspecified atom stereocenters. The Morgan fingerprint density at radius 2 is 1.58 bits per heavy atom. The summed E-state index contributed by atoms with van der Waals surface area (Å²) in [5, 5.41) is 0. The summed E-state index contributed by atoms with van der Waals surface area (Å²) in [5.74, 6) is -0.682. The summed E-state index contributed by atoms with van der Waals surface area (Å²) in [6.45, 7) is 9.70. The van der Waals surface area contributed by atoms with Crippen LogP contribution in [0.3, 0.4) is 0 Å². The van der Waals surface area contributed by atoms with Crippen LogP contribution in [0.5, 0.6) is 0 Å². The molecule has 1 rings (SSSR count). The van der Waals surface area contributed by atoms with Crippen LogP contribution in [0, 0.1) is 33.6 Å². The molecule has 0 radical (unpaired) electrons. The molecule has 1 aromatic rings. The van der Waals surface area contributed by atoms with Crippen molar-refractivity contribution in [1.29, 1.82) is 0 Å². The fourth-order valence-electron chi connectivity index (χ4n) is 2.26. The van der Waals surface area contributed by atoms with Crippen molar-refractivity contribution in [2.45, 2.75) is 41.0 Å². The standard InChI is InChI=1S/C16H22O3/c1-9-7-10(2)13(5)15(12(9)4)16(18)11(3)8-14(17)19-6/h7,11H,8H2,1-6H3. The van der Waals surface area contributed by atoms with Gasteiger partial charge in [0.15, 0.2) is 5.78 Å². The van der Waals surface area contributed by atoms with Crippen LogP contribution in [0.2, 0.25) is 0 Å². The largest absolute Gasteiger partial charge is 0.469 e. The molecule has 19 heavy (non-hydrogen) atoms. The minimum Gasteiger partial charge on any atom is -0.469 e. The smallest absolute Gasteiger partial charge is 0.306 e. The lowest BCUT2D eigenvalue weighted by atomic mass is 9.86. The Balaban J connectivity index is 3.16. The van der Waals surface area contributed by atoms with Crippen molar-refractivity contribution in [3.63, 3.8) is 0 Å². The molecule has 0 saturated heterocycles. The summed E-state index contributed by atoms with van der Waals surface area (Å²) in [7, 11) is 1.34. The summed E-state index contributed by atoms with van der Waals surface area (Å²) < 4.78 is 4.62. The average molecular weight is 262 g/mol. The summed E-state index contributed by atoms with van der Waals surface area (Å²) in [5.41, 5.74) is 4.98. The molecular formula is C16H22O3. The van der Waals surface area contributed by atoms with Gasteiger partial charge in [0.05, 0.1) is 13.5 Å². The van der Waals surface area contributed by atoms with E-state index in [1.807, 2.05) is 27.7 Å². The van der Waals surface area contributed by atoms with Crippen molar-refractivity contribution in [2.75, 3.05) is 7.11 Å². The van der Waals surface area contributed by atoms with Gasteiger partial charge < -0.3 is 4.74 Å². The van der Waals surface area contributed by atoms with Gasteiger partial charge in [-0.25, -0.2) is 0 Å². The van der Waals surface area contributed by atoms with Gasteiger partial charge in [0.1, 0.15) is 0 Å². The predicted molar refractivity (Wildman–Crippen MR) is 75.5 cm³/mol. The molecule has 0 heterocycles. The van der Waals surface area contributed by atoms with Gasteiger partial charge in [0.25, 0.3) is 0 Å². The first-order chi connectivity index (χ1) is 8.79. The van der Waals surface area contributed by atoms with Crippen LogP contribution in [0.1, 0.15) is 46.0 Å². The van der Waals surface area contributed by atoms with E-state index in [-0.39, 0.29) is 24.1 Å². The minimum absolute atomic E-state index is 0.0206. The Morgan fingerprint density at radius 1 is 1.11 bits per heavy atom. The van der Waals surface area contributed by atoms with Gasteiger partial charge in [0.2, 0.25) is 0 Å². The van der Waals surface area contributed by atoms with Gasteiger partial charge in [-0.1, -0.05) is 13.0 Å².